The highest BCUT2D eigenvalue weighted by molar-refractivity contribution is 7.13. The number of nitrogens with zero attached hydrogens (tertiary/aromatic N) is 2. The van der Waals surface area contributed by atoms with Crippen molar-refractivity contribution in [2.45, 2.75) is 72.0 Å². The lowest BCUT2D eigenvalue weighted by Crippen LogP contribution is -2.44. The topological polar surface area (TPSA) is 127 Å². The third kappa shape index (κ3) is 6.07. The normalized spacial score (nSPS) is 17.2. The maximum absolute atomic E-state index is 13.5. The first-order valence-electron chi connectivity index (χ1n) is 13.0. The Morgan fingerprint density at radius 2 is 1.89 bits per heavy atom. The van der Waals surface area contributed by atoms with Gasteiger partial charge in [-0.25, -0.2) is 9.78 Å². The lowest BCUT2D eigenvalue weighted by Gasteiger charge is -2.39. The van der Waals surface area contributed by atoms with Crippen molar-refractivity contribution in [3.8, 4) is 10.6 Å². The number of amides is 2. The van der Waals surface area contributed by atoms with Gasteiger partial charge in [0.15, 0.2) is 0 Å². The Hall–Kier alpha value is -3.66. The Balaban J connectivity index is 1.64. The molecular weight excluding hydrogens is 502 g/mol. The number of anilines is 1. The first-order chi connectivity index (χ1) is 18.2. The van der Waals surface area contributed by atoms with Gasteiger partial charge in [-0.3, -0.25) is 9.59 Å². The van der Waals surface area contributed by atoms with E-state index in [0.29, 0.717) is 11.1 Å². The fraction of sp³-hybridized carbons (Fsp3) is 0.429. The van der Waals surface area contributed by atoms with Gasteiger partial charge in [0.1, 0.15) is 5.01 Å². The summed E-state index contributed by atoms with van der Waals surface area (Å²) in [6.07, 6.45) is 4.03. The van der Waals surface area contributed by atoms with E-state index in [0.717, 1.165) is 65.3 Å². The molecule has 0 saturated heterocycles. The summed E-state index contributed by atoms with van der Waals surface area (Å²) in [4.78, 5) is 46.7. The van der Waals surface area contributed by atoms with Crippen molar-refractivity contribution in [3.05, 3.63) is 68.1 Å². The summed E-state index contributed by atoms with van der Waals surface area (Å²) < 4.78 is 0. The number of hydrogen-bond acceptors (Lipinski definition) is 6. The van der Waals surface area contributed by atoms with E-state index < -0.39 is 6.09 Å². The number of H-pyrrole nitrogens is 1. The number of carbonyl (C=O) groups excluding carboxylic acids is 1. The van der Waals surface area contributed by atoms with Crippen molar-refractivity contribution in [2.24, 2.45) is 0 Å². The summed E-state index contributed by atoms with van der Waals surface area (Å²) in [5.41, 5.74) is 5.23. The number of aryl methyl sites for hydroxylation is 2. The van der Waals surface area contributed by atoms with Crippen LogP contribution < -0.4 is 21.1 Å². The van der Waals surface area contributed by atoms with Crippen molar-refractivity contribution < 1.29 is 14.7 Å². The SMILES string of the molecule is CCN(c1cc(-c2nccs2)cc(C(=O)NCc2c(C)cc(C)[nH]c2=O)c1C)[C@H]1CC[C@H](NC(=O)O)CC1. The number of rotatable bonds is 8. The number of hydrogen-bond donors (Lipinski definition) is 4. The number of carbonyl (C=O) groups is 2. The fourth-order valence-corrected chi connectivity index (χ4v) is 6.05. The summed E-state index contributed by atoms with van der Waals surface area (Å²) in [6.45, 7) is 8.65. The van der Waals surface area contributed by atoms with Gasteiger partial charge in [0.2, 0.25) is 0 Å². The second kappa shape index (κ2) is 11.8. The number of nitrogens with one attached hydrogen (secondary N) is 3. The van der Waals surface area contributed by atoms with Crippen molar-refractivity contribution in [1.29, 1.82) is 0 Å². The number of aromatic nitrogens is 2. The molecule has 1 aliphatic rings. The zero-order chi connectivity index (χ0) is 27.4. The van der Waals surface area contributed by atoms with Gasteiger partial charge in [-0.1, -0.05) is 0 Å². The highest BCUT2D eigenvalue weighted by Gasteiger charge is 2.28. The van der Waals surface area contributed by atoms with Crippen molar-refractivity contribution in [3.63, 3.8) is 0 Å². The van der Waals surface area contributed by atoms with Gasteiger partial charge < -0.3 is 25.6 Å². The molecule has 202 valence electrons. The molecule has 38 heavy (non-hydrogen) atoms. The molecule has 0 bridgehead atoms. The van der Waals surface area contributed by atoms with Gasteiger partial charge in [0, 0.05) is 64.8 Å². The van der Waals surface area contributed by atoms with Crippen molar-refractivity contribution >= 4 is 29.0 Å². The van der Waals surface area contributed by atoms with Crippen LogP contribution in [0.25, 0.3) is 10.6 Å². The second-order valence-corrected chi connectivity index (χ2v) is 10.8. The van der Waals surface area contributed by atoms with E-state index in [2.05, 4.69) is 38.5 Å². The number of benzene rings is 1. The van der Waals surface area contributed by atoms with Gasteiger partial charge >= 0.3 is 6.09 Å². The van der Waals surface area contributed by atoms with Gasteiger partial charge in [-0.05, 0) is 82.7 Å². The van der Waals surface area contributed by atoms with E-state index in [1.807, 2.05) is 38.3 Å². The van der Waals surface area contributed by atoms with Crippen LogP contribution >= 0.6 is 11.3 Å². The average molecular weight is 538 g/mol. The Labute approximate surface area is 226 Å². The molecule has 0 aliphatic heterocycles. The van der Waals surface area contributed by atoms with Crippen molar-refractivity contribution in [2.75, 3.05) is 11.4 Å². The van der Waals surface area contributed by atoms with Crippen LogP contribution in [0.2, 0.25) is 0 Å². The molecule has 1 aromatic carbocycles. The zero-order valence-electron chi connectivity index (χ0n) is 22.3. The molecule has 9 nitrogen and oxygen atoms in total. The Kier molecular flexibility index (Phi) is 8.51. The number of thiazole rings is 1. The molecule has 4 N–H and O–H groups in total. The molecule has 1 saturated carbocycles. The summed E-state index contributed by atoms with van der Waals surface area (Å²) in [6, 6.07) is 6.09. The van der Waals surface area contributed by atoms with E-state index in [9.17, 15) is 14.4 Å². The summed E-state index contributed by atoms with van der Waals surface area (Å²) in [5.74, 6) is -0.244. The molecule has 10 heteroatoms. The third-order valence-electron chi connectivity index (χ3n) is 7.34. The van der Waals surface area contributed by atoms with Crippen LogP contribution in [0.3, 0.4) is 0 Å². The lowest BCUT2D eigenvalue weighted by molar-refractivity contribution is 0.0950. The summed E-state index contributed by atoms with van der Waals surface area (Å²) >= 11 is 1.52. The smallest absolute Gasteiger partial charge is 0.404 e. The highest BCUT2D eigenvalue weighted by atomic mass is 32.1. The fourth-order valence-electron chi connectivity index (χ4n) is 5.42. The van der Waals surface area contributed by atoms with Gasteiger partial charge in [0.05, 0.1) is 0 Å². The summed E-state index contributed by atoms with van der Waals surface area (Å²) in [7, 11) is 0. The van der Waals surface area contributed by atoms with E-state index >= 15 is 0 Å². The van der Waals surface area contributed by atoms with Gasteiger partial charge in [-0.15, -0.1) is 11.3 Å². The largest absolute Gasteiger partial charge is 0.465 e. The van der Waals surface area contributed by atoms with Crippen LogP contribution in [0, 0.1) is 20.8 Å². The van der Waals surface area contributed by atoms with E-state index in [1.54, 1.807) is 6.20 Å². The van der Waals surface area contributed by atoms with Crippen LogP contribution in [0.1, 0.15) is 65.3 Å². The van der Waals surface area contributed by atoms with Crippen LogP contribution in [-0.2, 0) is 6.54 Å². The molecule has 0 unspecified atom stereocenters. The highest BCUT2D eigenvalue weighted by Crippen LogP contribution is 2.35. The van der Waals surface area contributed by atoms with Crippen LogP contribution in [0.15, 0.2) is 34.6 Å². The maximum atomic E-state index is 13.5. The minimum Gasteiger partial charge on any atom is -0.465 e. The van der Waals surface area contributed by atoms with E-state index in [4.69, 9.17) is 5.11 Å². The first-order valence-corrected chi connectivity index (χ1v) is 13.8. The average Bonchev–Trinajstić information content (AvgIpc) is 3.40. The molecule has 0 spiro atoms. The number of carboxylic acid groups (broad SMARTS) is 1. The molecule has 4 rings (SSSR count). The first kappa shape index (κ1) is 27.4. The quantitative estimate of drug-likeness (QED) is 0.328. The predicted molar refractivity (Wildman–Crippen MR) is 150 cm³/mol. The van der Waals surface area contributed by atoms with E-state index in [-0.39, 0.29) is 30.1 Å². The Morgan fingerprint density at radius 1 is 1.16 bits per heavy atom. The number of pyridine rings is 1. The molecule has 2 aromatic heterocycles. The summed E-state index contributed by atoms with van der Waals surface area (Å²) in [5, 5.41) is 17.4. The molecule has 1 fully saturated rings. The minimum atomic E-state index is -0.980. The lowest BCUT2D eigenvalue weighted by atomic mass is 9.89. The molecule has 2 amide bonds. The molecule has 2 heterocycles. The molecular formula is C28H35N5O4S. The molecule has 0 atom stereocenters. The zero-order valence-corrected chi connectivity index (χ0v) is 23.1. The molecule has 3 aromatic rings. The standard InChI is InChI=1S/C28H35N5O4S/c1-5-33(21-8-6-20(7-9-21)32-28(36)37)24-14-19(27-29-10-11-38-27)13-22(18(24)4)25(34)30-15-23-16(2)12-17(3)31-26(23)35/h10-14,20-21,32H,5-9,15H2,1-4H3,(H,30,34)(H,31,35)(H,36,37)/t20-,21-. The van der Waals surface area contributed by atoms with E-state index in [1.165, 1.54) is 11.3 Å². The molecule has 0 radical (unpaired) electrons. The number of aromatic amines is 1. The van der Waals surface area contributed by atoms with Crippen LogP contribution in [-0.4, -0.2) is 45.7 Å². The van der Waals surface area contributed by atoms with Crippen LogP contribution in [0.4, 0.5) is 10.5 Å². The Bertz CT molecular complexity index is 1360. The minimum absolute atomic E-state index is 0.0278. The predicted octanol–water partition coefficient (Wildman–Crippen LogP) is 4.76. The Morgan fingerprint density at radius 3 is 2.50 bits per heavy atom. The van der Waals surface area contributed by atoms with Crippen molar-refractivity contribution in [1.82, 2.24) is 20.6 Å². The maximum Gasteiger partial charge on any atom is 0.404 e. The molecule has 1 aliphatic carbocycles. The third-order valence-corrected chi connectivity index (χ3v) is 8.16. The second-order valence-electron chi connectivity index (χ2n) is 9.87. The van der Waals surface area contributed by atoms with Gasteiger partial charge in [-0.2, -0.15) is 0 Å². The van der Waals surface area contributed by atoms with Gasteiger partial charge in [0.25, 0.3) is 11.5 Å². The van der Waals surface area contributed by atoms with Crippen LogP contribution in [0.5, 0.6) is 0 Å². The monoisotopic (exact) mass is 537 g/mol.